The van der Waals surface area contributed by atoms with E-state index in [1.54, 1.807) is 24.3 Å². The molecule has 0 aliphatic rings. The fraction of sp³-hybridized carbons (Fsp3) is 0.125. The highest BCUT2D eigenvalue weighted by Crippen LogP contribution is 2.25. The van der Waals surface area contributed by atoms with Gasteiger partial charge in [0.1, 0.15) is 0 Å². The van der Waals surface area contributed by atoms with E-state index in [2.05, 4.69) is 10.6 Å². The molecule has 0 saturated carbocycles. The van der Waals surface area contributed by atoms with Gasteiger partial charge in [-0.3, -0.25) is 9.59 Å². The summed E-state index contributed by atoms with van der Waals surface area (Å²) in [6.07, 6.45) is 0. The number of benzene rings is 2. The van der Waals surface area contributed by atoms with Crippen molar-refractivity contribution in [2.24, 2.45) is 0 Å². The quantitative estimate of drug-likeness (QED) is 0.755. The molecule has 0 saturated heterocycles. The first-order valence-corrected chi connectivity index (χ1v) is 8.08. The fourth-order valence-electron chi connectivity index (χ4n) is 1.79. The predicted molar refractivity (Wildman–Crippen MR) is 90.7 cm³/mol. The van der Waals surface area contributed by atoms with Gasteiger partial charge in [0.15, 0.2) is 0 Å². The molecule has 0 aliphatic heterocycles. The Hall–Kier alpha value is -2.12. The molecule has 8 heteroatoms. The Labute approximate surface area is 146 Å². The molecule has 0 fully saturated rings. The smallest absolute Gasteiger partial charge is 0.288 e. The van der Waals surface area contributed by atoms with Crippen LogP contribution in [0.3, 0.4) is 0 Å². The topological polar surface area (TPSA) is 58.2 Å². The van der Waals surface area contributed by atoms with E-state index >= 15 is 0 Å². The van der Waals surface area contributed by atoms with Crippen LogP contribution in [-0.4, -0.2) is 24.1 Å². The first kappa shape index (κ1) is 18.2. The first-order chi connectivity index (χ1) is 11.4. The number of amides is 2. The Balaban J connectivity index is 1.83. The number of nitrogens with one attached hydrogen (secondary N) is 2. The van der Waals surface area contributed by atoms with Crippen LogP contribution in [0, 0.1) is 0 Å². The largest absolute Gasteiger partial charge is 0.343 e. The van der Waals surface area contributed by atoms with Crippen LogP contribution in [0.5, 0.6) is 0 Å². The fourth-order valence-corrected chi connectivity index (χ4v) is 2.41. The lowest BCUT2D eigenvalue weighted by molar-refractivity contribution is -0.115. The molecule has 0 aliphatic carbocycles. The molecule has 0 aromatic heterocycles. The van der Waals surface area contributed by atoms with E-state index in [0.717, 1.165) is 0 Å². The average molecular weight is 371 g/mol. The zero-order valence-electron chi connectivity index (χ0n) is 12.3. The lowest BCUT2D eigenvalue weighted by Gasteiger charge is -2.07. The molecule has 4 nitrogen and oxygen atoms in total. The summed E-state index contributed by atoms with van der Waals surface area (Å²) >= 11 is 6.15. The summed E-state index contributed by atoms with van der Waals surface area (Å²) in [5.74, 6) is -3.37. The number of carbonyl (C=O) groups excluding carboxylic acids is 2. The van der Waals surface area contributed by atoms with Gasteiger partial charge >= 0.3 is 0 Å². The number of hydrogen-bond acceptors (Lipinski definition) is 3. The average Bonchev–Trinajstić information content (AvgIpc) is 2.55. The minimum atomic E-state index is -2.51. The Kier molecular flexibility index (Phi) is 6.57. The van der Waals surface area contributed by atoms with E-state index < -0.39 is 17.6 Å². The monoisotopic (exact) mass is 370 g/mol. The lowest BCUT2D eigenvalue weighted by atomic mass is 10.2. The summed E-state index contributed by atoms with van der Waals surface area (Å²) in [6, 6.07) is 12.3. The summed E-state index contributed by atoms with van der Waals surface area (Å²) < 4.78 is 24.4. The normalized spacial score (nSPS) is 10.5. The molecular weight excluding hydrogens is 358 g/mol. The van der Waals surface area contributed by atoms with E-state index in [1.807, 2.05) is 0 Å². The van der Waals surface area contributed by atoms with Crippen LogP contribution in [-0.2, 0) is 4.79 Å². The van der Waals surface area contributed by atoms with Crippen LogP contribution in [0.15, 0.2) is 53.4 Å². The van der Waals surface area contributed by atoms with Crippen LogP contribution in [0.2, 0.25) is 5.02 Å². The van der Waals surface area contributed by atoms with E-state index in [0.29, 0.717) is 27.4 Å². The molecular formula is C16H13ClF2N2O2S. The number of alkyl halides is 2. The summed E-state index contributed by atoms with van der Waals surface area (Å²) in [5, 5.41) is 5.62. The summed E-state index contributed by atoms with van der Waals surface area (Å²) in [7, 11) is 0. The zero-order chi connectivity index (χ0) is 17.5. The van der Waals surface area contributed by atoms with Gasteiger partial charge in [0, 0.05) is 21.2 Å². The maximum atomic E-state index is 12.2. The van der Waals surface area contributed by atoms with E-state index in [9.17, 15) is 18.4 Å². The van der Waals surface area contributed by atoms with Crippen molar-refractivity contribution in [1.29, 1.82) is 0 Å². The van der Waals surface area contributed by atoms with Crippen LogP contribution in [0.25, 0.3) is 0 Å². The SMILES string of the molecule is O=C(CNC(=O)c1ccc(SC(F)F)cc1)Nc1ccc(Cl)cc1. The molecule has 0 spiro atoms. The first-order valence-electron chi connectivity index (χ1n) is 6.82. The maximum Gasteiger partial charge on any atom is 0.288 e. The van der Waals surface area contributed by atoms with Crippen molar-refractivity contribution >= 4 is 40.9 Å². The highest BCUT2D eigenvalue weighted by Gasteiger charge is 2.10. The second-order valence-corrected chi connectivity index (χ2v) is 6.14. The Bertz CT molecular complexity index is 709. The number of hydrogen-bond donors (Lipinski definition) is 2. The van der Waals surface area contributed by atoms with Crippen molar-refractivity contribution in [2.45, 2.75) is 10.7 Å². The third kappa shape index (κ3) is 5.82. The van der Waals surface area contributed by atoms with Crippen molar-refractivity contribution in [3.8, 4) is 0 Å². The molecule has 0 unspecified atom stereocenters. The van der Waals surface area contributed by atoms with Gasteiger partial charge in [0.05, 0.1) is 6.54 Å². The van der Waals surface area contributed by atoms with Crippen molar-refractivity contribution in [1.82, 2.24) is 5.32 Å². The van der Waals surface area contributed by atoms with E-state index in [1.165, 1.54) is 24.3 Å². The molecule has 0 radical (unpaired) electrons. The van der Waals surface area contributed by atoms with E-state index in [-0.39, 0.29) is 12.1 Å². The summed E-state index contributed by atoms with van der Waals surface area (Å²) in [5.41, 5.74) is 0.847. The number of anilines is 1. The van der Waals surface area contributed by atoms with Crippen molar-refractivity contribution in [2.75, 3.05) is 11.9 Å². The number of thioether (sulfide) groups is 1. The van der Waals surface area contributed by atoms with Gasteiger partial charge in [-0.1, -0.05) is 23.4 Å². The van der Waals surface area contributed by atoms with Gasteiger partial charge in [0.25, 0.3) is 11.7 Å². The number of rotatable bonds is 6. The summed E-state index contributed by atoms with van der Waals surface area (Å²) in [4.78, 5) is 24.0. The molecule has 0 heterocycles. The molecule has 24 heavy (non-hydrogen) atoms. The standard InChI is InChI=1S/C16H13ClF2N2O2S/c17-11-3-5-12(6-4-11)21-14(22)9-20-15(23)10-1-7-13(8-2-10)24-16(18)19/h1-8,16H,9H2,(H,20,23)(H,21,22). The van der Waals surface area contributed by atoms with E-state index in [4.69, 9.17) is 11.6 Å². The van der Waals surface area contributed by atoms with Crippen LogP contribution in [0.4, 0.5) is 14.5 Å². The Morgan fingerprint density at radius 1 is 1.04 bits per heavy atom. The molecule has 126 valence electrons. The van der Waals surface area contributed by atoms with Gasteiger partial charge in [-0.05, 0) is 48.5 Å². The van der Waals surface area contributed by atoms with Crippen molar-refractivity contribution in [3.63, 3.8) is 0 Å². The third-order valence-corrected chi connectivity index (χ3v) is 3.85. The molecule has 2 rings (SSSR count). The second kappa shape index (κ2) is 8.65. The van der Waals surface area contributed by atoms with Crippen molar-refractivity contribution < 1.29 is 18.4 Å². The third-order valence-electron chi connectivity index (χ3n) is 2.88. The molecule has 2 aromatic carbocycles. The van der Waals surface area contributed by atoms with Gasteiger partial charge in [-0.15, -0.1) is 0 Å². The van der Waals surface area contributed by atoms with Gasteiger partial charge in [-0.25, -0.2) is 0 Å². The van der Waals surface area contributed by atoms with Crippen LogP contribution < -0.4 is 10.6 Å². The molecule has 2 amide bonds. The maximum absolute atomic E-state index is 12.2. The molecule has 2 N–H and O–H groups in total. The number of halogens is 3. The minimum Gasteiger partial charge on any atom is -0.343 e. The second-order valence-electron chi connectivity index (χ2n) is 4.64. The van der Waals surface area contributed by atoms with Gasteiger partial charge in [0.2, 0.25) is 5.91 Å². The zero-order valence-corrected chi connectivity index (χ0v) is 13.8. The molecule has 0 atom stereocenters. The molecule has 2 aromatic rings. The van der Waals surface area contributed by atoms with Gasteiger partial charge in [-0.2, -0.15) is 8.78 Å². The van der Waals surface area contributed by atoms with Crippen molar-refractivity contribution in [3.05, 3.63) is 59.1 Å². The minimum absolute atomic E-state index is 0.213. The molecule has 0 bridgehead atoms. The Morgan fingerprint density at radius 3 is 2.25 bits per heavy atom. The van der Waals surface area contributed by atoms with Crippen LogP contribution >= 0.6 is 23.4 Å². The lowest BCUT2D eigenvalue weighted by Crippen LogP contribution is -2.32. The predicted octanol–water partition coefficient (Wildman–Crippen LogP) is 4.02. The summed E-state index contributed by atoms with van der Waals surface area (Å²) in [6.45, 7) is -0.213. The highest BCUT2D eigenvalue weighted by molar-refractivity contribution is 7.99. The van der Waals surface area contributed by atoms with Crippen LogP contribution in [0.1, 0.15) is 10.4 Å². The highest BCUT2D eigenvalue weighted by atomic mass is 35.5. The Morgan fingerprint density at radius 2 is 1.67 bits per heavy atom. The van der Waals surface area contributed by atoms with Gasteiger partial charge < -0.3 is 10.6 Å². The number of carbonyl (C=O) groups is 2.